The first-order valence-electron chi connectivity index (χ1n) is 9.53. The summed E-state index contributed by atoms with van der Waals surface area (Å²) in [5.74, 6) is 0.571. The maximum absolute atomic E-state index is 12.2. The molecule has 1 fully saturated rings. The lowest BCUT2D eigenvalue weighted by atomic mass is 10.1. The van der Waals surface area contributed by atoms with E-state index in [1.165, 1.54) is 18.5 Å². The number of amides is 1. The number of guanidine groups is 1. The molecule has 0 unspecified atom stereocenters. The Morgan fingerprint density at radius 3 is 2.69 bits per heavy atom. The lowest BCUT2D eigenvalue weighted by Crippen LogP contribution is -2.63. The summed E-state index contributed by atoms with van der Waals surface area (Å²) in [6.07, 6.45) is 2.48. The van der Waals surface area contributed by atoms with E-state index in [0.29, 0.717) is 25.6 Å². The van der Waals surface area contributed by atoms with Gasteiger partial charge in [0.05, 0.1) is 12.6 Å². The highest BCUT2D eigenvalue weighted by molar-refractivity contribution is 7.89. The van der Waals surface area contributed by atoms with Crippen LogP contribution in [0.1, 0.15) is 27.7 Å². The van der Waals surface area contributed by atoms with Crippen LogP contribution in [-0.4, -0.2) is 74.7 Å². The minimum absolute atomic E-state index is 0.0624. The molecular weight excluding hydrogens is 396 g/mol. The average molecular weight is 427 g/mol. The normalized spacial score (nSPS) is 15.6. The average Bonchev–Trinajstić information content (AvgIpc) is 2.60. The summed E-state index contributed by atoms with van der Waals surface area (Å²) < 4.78 is 32.1. The molecule has 11 heteroatoms. The number of ether oxygens (including phenoxy) is 1. The highest BCUT2D eigenvalue weighted by atomic mass is 32.2. The zero-order valence-electron chi connectivity index (χ0n) is 17.3. The predicted octanol–water partition coefficient (Wildman–Crippen LogP) is 0.534. The smallest absolute Gasteiger partial charge is 0.410 e. The number of pyridine rings is 1. The van der Waals surface area contributed by atoms with Gasteiger partial charge in [-0.1, -0.05) is 0 Å². The predicted molar refractivity (Wildman–Crippen MR) is 110 cm³/mol. The van der Waals surface area contributed by atoms with Crippen molar-refractivity contribution in [3.63, 3.8) is 0 Å². The van der Waals surface area contributed by atoms with Crippen molar-refractivity contribution in [3.8, 4) is 0 Å². The molecule has 0 atom stereocenters. The van der Waals surface area contributed by atoms with Crippen LogP contribution in [0.5, 0.6) is 0 Å². The molecule has 0 aromatic carbocycles. The van der Waals surface area contributed by atoms with E-state index < -0.39 is 15.6 Å². The molecule has 162 valence electrons. The molecule has 1 aromatic heterocycles. The lowest BCUT2D eigenvalue weighted by molar-refractivity contribution is 0.00700. The molecule has 1 aromatic rings. The van der Waals surface area contributed by atoms with Gasteiger partial charge in [-0.2, -0.15) is 0 Å². The number of aliphatic imine (C=N–C) groups is 1. The largest absolute Gasteiger partial charge is 0.444 e. The molecule has 29 heavy (non-hydrogen) atoms. The number of carbonyl (C=O) groups excluding carboxylic acids is 1. The summed E-state index contributed by atoms with van der Waals surface area (Å²) in [4.78, 5) is 21.9. The SMILES string of the molecule is CCNC(=NCCNS(=O)(=O)c1cccnc1)NC1CN(C(=O)OC(C)(C)C)C1. The number of hydrogen-bond donors (Lipinski definition) is 3. The highest BCUT2D eigenvalue weighted by Crippen LogP contribution is 2.15. The highest BCUT2D eigenvalue weighted by Gasteiger charge is 2.34. The van der Waals surface area contributed by atoms with Crippen LogP contribution in [0.3, 0.4) is 0 Å². The fourth-order valence-corrected chi connectivity index (χ4v) is 3.48. The van der Waals surface area contributed by atoms with Gasteiger partial charge in [0.25, 0.3) is 0 Å². The standard InChI is InChI=1S/C18H30N6O4S/c1-5-20-16(23-14-12-24(13-14)17(25)28-18(2,3)4)21-9-10-22-29(26,27)15-7-6-8-19-11-15/h6-8,11,14,22H,5,9-10,12-13H2,1-4H3,(H2,20,21,23). The summed E-state index contributed by atoms with van der Waals surface area (Å²) >= 11 is 0. The Kier molecular flexibility index (Phi) is 7.80. The summed E-state index contributed by atoms with van der Waals surface area (Å²) in [7, 11) is -3.60. The molecule has 0 saturated carbocycles. The maximum Gasteiger partial charge on any atom is 0.410 e. The van der Waals surface area contributed by atoms with Crippen molar-refractivity contribution in [3.05, 3.63) is 24.5 Å². The number of hydrogen-bond acceptors (Lipinski definition) is 6. The van der Waals surface area contributed by atoms with Gasteiger partial charge in [-0.3, -0.25) is 9.98 Å². The third-order valence-electron chi connectivity index (χ3n) is 3.84. The van der Waals surface area contributed by atoms with Gasteiger partial charge < -0.3 is 20.3 Å². The number of nitrogens with one attached hydrogen (secondary N) is 3. The molecule has 3 N–H and O–H groups in total. The Hall–Kier alpha value is -2.40. The number of aromatic nitrogens is 1. The molecule has 0 aliphatic carbocycles. The Balaban J connectivity index is 1.78. The van der Waals surface area contributed by atoms with Gasteiger partial charge >= 0.3 is 6.09 Å². The van der Waals surface area contributed by atoms with Gasteiger partial charge in [0.1, 0.15) is 10.5 Å². The minimum atomic E-state index is -3.60. The van der Waals surface area contributed by atoms with Gasteiger partial charge in [-0.25, -0.2) is 17.9 Å². The number of rotatable bonds is 7. The molecule has 2 heterocycles. The van der Waals surface area contributed by atoms with Crippen LogP contribution in [-0.2, 0) is 14.8 Å². The number of carbonyl (C=O) groups is 1. The Bertz CT molecular complexity index is 801. The van der Waals surface area contributed by atoms with E-state index in [1.807, 2.05) is 27.7 Å². The molecule has 1 saturated heterocycles. The fraction of sp³-hybridized carbons (Fsp3) is 0.611. The second-order valence-corrected chi connectivity index (χ2v) is 9.34. The van der Waals surface area contributed by atoms with Crippen LogP contribution in [0.15, 0.2) is 34.4 Å². The van der Waals surface area contributed by atoms with E-state index in [2.05, 4.69) is 25.3 Å². The van der Waals surface area contributed by atoms with Crippen LogP contribution < -0.4 is 15.4 Å². The second kappa shape index (κ2) is 9.88. The lowest BCUT2D eigenvalue weighted by Gasteiger charge is -2.40. The van der Waals surface area contributed by atoms with Crippen molar-refractivity contribution in [1.82, 2.24) is 25.2 Å². The number of sulfonamides is 1. The fourth-order valence-electron chi connectivity index (χ4n) is 2.50. The maximum atomic E-state index is 12.2. The summed E-state index contributed by atoms with van der Waals surface area (Å²) in [5, 5.41) is 6.34. The Morgan fingerprint density at radius 1 is 1.38 bits per heavy atom. The molecular formula is C18H30N6O4S. The zero-order valence-corrected chi connectivity index (χ0v) is 18.1. The molecule has 0 radical (unpaired) electrons. The van der Waals surface area contributed by atoms with Crippen molar-refractivity contribution >= 4 is 22.1 Å². The van der Waals surface area contributed by atoms with Gasteiger partial charge in [0, 0.05) is 38.6 Å². The van der Waals surface area contributed by atoms with Gasteiger partial charge in [-0.15, -0.1) is 0 Å². The van der Waals surface area contributed by atoms with Crippen LogP contribution in [0.4, 0.5) is 4.79 Å². The van der Waals surface area contributed by atoms with Gasteiger partial charge in [0.2, 0.25) is 10.0 Å². The molecule has 1 aliphatic heterocycles. The molecule has 1 amide bonds. The van der Waals surface area contributed by atoms with Crippen molar-refractivity contribution in [2.24, 2.45) is 4.99 Å². The first-order chi connectivity index (χ1) is 13.6. The Morgan fingerprint density at radius 2 is 2.10 bits per heavy atom. The molecule has 1 aliphatic rings. The summed E-state index contributed by atoms with van der Waals surface area (Å²) in [5.41, 5.74) is -0.519. The summed E-state index contributed by atoms with van der Waals surface area (Å²) in [6, 6.07) is 3.11. The van der Waals surface area contributed by atoms with E-state index in [-0.39, 0.29) is 30.1 Å². The second-order valence-electron chi connectivity index (χ2n) is 7.57. The van der Waals surface area contributed by atoms with E-state index in [9.17, 15) is 13.2 Å². The van der Waals surface area contributed by atoms with E-state index in [4.69, 9.17) is 4.74 Å². The molecule has 0 bridgehead atoms. The van der Waals surface area contributed by atoms with Gasteiger partial charge in [-0.05, 0) is 39.8 Å². The van der Waals surface area contributed by atoms with E-state index >= 15 is 0 Å². The summed E-state index contributed by atoms with van der Waals surface area (Å²) in [6.45, 7) is 9.56. The van der Waals surface area contributed by atoms with Crippen molar-refractivity contribution in [1.29, 1.82) is 0 Å². The van der Waals surface area contributed by atoms with Gasteiger partial charge in [0.15, 0.2) is 5.96 Å². The monoisotopic (exact) mass is 426 g/mol. The van der Waals surface area contributed by atoms with Crippen molar-refractivity contribution in [2.45, 2.75) is 44.2 Å². The van der Waals surface area contributed by atoms with Crippen LogP contribution in [0, 0.1) is 0 Å². The molecule has 0 spiro atoms. The number of likely N-dealkylation sites (tertiary alicyclic amines) is 1. The topological polar surface area (TPSA) is 125 Å². The minimum Gasteiger partial charge on any atom is -0.444 e. The van der Waals surface area contributed by atoms with Crippen LogP contribution >= 0.6 is 0 Å². The van der Waals surface area contributed by atoms with Crippen molar-refractivity contribution < 1.29 is 17.9 Å². The first kappa shape index (κ1) is 22.9. The molecule has 10 nitrogen and oxygen atoms in total. The zero-order chi connectivity index (χ0) is 21.5. The quantitative estimate of drug-likeness (QED) is 0.330. The molecule has 2 rings (SSSR count). The van der Waals surface area contributed by atoms with Crippen LogP contribution in [0.25, 0.3) is 0 Å². The third kappa shape index (κ3) is 7.50. The first-order valence-corrected chi connectivity index (χ1v) is 11.0. The Labute approximate surface area is 172 Å². The number of nitrogens with zero attached hydrogens (tertiary/aromatic N) is 3. The van der Waals surface area contributed by atoms with E-state index in [1.54, 1.807) is 11.0 Å². The van der Waals surface area contributed by atoms with E-state index in [0.717, 1.165) is 0 Å². The van der Waals surface area contributed by atoms with Crippen molar-refractivity contribution in [2.75, 3.05) is 32.7 Å². The third-order valence-corrected chi connectivity index (χ3v) is 5.28. The van der Waals surface area contributed by atoms with Crippen LogP contribution in [0.2, 0.25) is 0 Å².